The Balaban J connectivity index is 1.74. The zero-order valence-corrected chi connectivity index (χ0v) is 13.2. The zero-order valence-electron chi connectivity index (χ0n) is 13.2. The van der Waals surface area contributed by atoms with Crippen molar-refractivity contribution in [1.29, 1.82) is 0 Å². The van der Waals surface area contributed by atoms with Crippen molar-refractivity contribution in [1.82, 2.24) is 9.55 Å². The highest BCUT2D eigenvalue weighted by molar-refractivity contribution is 5.96. The first-order valence-corrected chi connectivity index (χ1v) is 8.02. The molecule has 1 aliphatic rings. The van der Waals surface area contributed by atoms with E-state index in [-0.39, 0.29) is 29.1 Å². The number of Topliss-reactive ketones (excluding diaryl/α,β-unsaturated/α-hetero) is 1. The molecule has 0 aliphatic heterocycles. The van der Waals surface area contributed by atoms with Crippen LogP contribution >= 0.6 is 0 Å². The molecule has 1 saturated carbocycles. The van der Waals surface area contributed by atoms with Crippen LogP contribution in [0, 0.1) is 11.8 Å². The maximum absolute atomic E-state index is 12.5. The lowest BCUT2D eigenvalue weighted by molar-refractivity contribution is -0.122. The lowest BCUT2D eigenvalue weighted by atomic mass is 9.89. The van der Waals surface area contributed by atoms with Gasteiger partial charge in [0, 0.05) is 36.0 Å². The van der Waals surface area contributed by atoms with Gasteiger partial charge >= 0.3 is 0 Å². The smallest absolute Gasteiger partial charge is 0.273 e. The van der Waals surface area contributed by atoms with Crippen molar-refractivity contribution in [3.8, 4) is 5.69 Å². The summed E-state index contributed by atoms with van der Waals surface area (Å²) in [4.78, 5) is 39.4. The van der Waals surface area contributed by atoms with Crippen molar-refractivity contribution in [2.24, 2.45) is 17.6 Å². The second-order valence-corrected chi connectivity index (χ2v) is 6.16. The van der Waals surface area contributed by atoms with Gasteiger partial charge in [-0.3, -0.25) is 23.9 Å². The number of ketones is 1. The summed E-state index contributed by atoms with van der Waals surface area (Å²) in [6.45, 7) is 0. The first-order valence-electron chi connectivity index (χ1n) is 8.02. The van der Waals surface area contributed by atoms with Gasteiger partial charge in [-0.15, -0.1) is 0 Å². The summed E-state index contributed by atoms with van der Waals surface area (Å²) in [6, 6.07) is 6.88. The summed E-state index contributed by atoms with van der Waals surface area (Å²) in [5, 5.41) is 0. The standard InChI is InChI=1S/C18H19N3O3/c19-18(24)15-3-1-2-13(15)10-16(22)12-4-6-14(7-5-12)21-9-8-20-11-17(21)23/h4-9,11,13,15H,1-3,10H2,(H2,19,24). The number of hydrogen-bond donors (Lipinski definition) is 1. The number of nitrogens with zero attached hydrogens (tertiary/aromatic N) is 2. The lowest BCUT2D eigenvalue weighted by Crippen LogP contribution is -2.27. The van der Waals surface area contributed by atoms with Gasteiger partial charge in [-0.25, -0.2) is 0 Å². The second-order valence-electron chi connectivity index (χ2n) is 6.16. The van der Waals surface area contributed by atoms with Crippen LogP contribution in [0.25, 0.3) is 5.69 Å². The minimum Gasteiger partial charge on any atom is -0.369 e. The van der Waals surface area contributed by atoms with E-state index in [9.17, 15) is 14.4 Å². The summed E-state index contributed by atoms with van der Waals surface area (Å²) in [5.41, 5.74) is 6.44. The molecule has 1 aromatic heterocycles. The maximum atomic E-state index is 12.5. The number of rotatable bonds is 5. The average molecular weight is 325 g/mol. The minimum absolute atomic E-state index is 0.00164. The van der Waals surface area contributed by atoms with Gasteiger partial charge in [0.1, 0.15) is 0 Å². The van der Waals surface area contributed by atoms with Crippen molar-refractivity contribution in [2.45, 2.75) is 25.7 Å². The number of nitrogens with two attached hydrogens (primary N) is 1. The molecule has 1 heterocycles. The molecule has 1 fully saturated rings. The molecule has 1 amide bonds. The molecule has 2 atom stereocenters. The molecule has 0 saturated heterocycles. The van der Waals surface area contributed by atoms with Crippen molar-refractivity contribution >= 4 is 11.7 Å². The number of hydrogen-bond acceptors (Lipinski definition) is 4. The van der Waals surface area contributed by atoms with Crippen LogP contribution in [0.1, 0.15) is 36.0 Å². The number of aromatic nitrogens is 2. The van der Waals surface area contributed by atoms with Crippen LogP contribution in [0.2, 0.25) is 0 Å². The highest BCUT2D eigenvalue weighted by Gasteiger charge is 2.32. The summed E-state index contributed by atoms with van der Waals surface area (Å²) >= 11 is 0. The van der Waals surface area contributed by atoms with Gasteiger partial charge in [0.05, 0.1) is 6.20 Å². The van der Waals surface area contributed by atoms with E-state index in [1.54, 1.807) is 30.5 Å². The maximum Gasteiger partial charge on any atom is 0.273 e. The Morgan fingerprint density at radius 3 is 2.62 bits per heavy atom. The van der Waals surface area contributed by atoms with E-state index in [0.29, 0.717) is 17.7 Å². The Morgan fingerprint density at radius 2 is 1.96 bits per heavy atom. The average Bonchev–Trinajstić information content (AvgIpc) is 3.04. The fraction of sp³-hybridized carbons (Fsp3) is 0.333. The Morgan fingerprint density at radius 1 is 1.21 bits per heavy atom. The first kappa shape index (κ1) is 16.1. The highest BCUT2D eigenvalue weighted by Crippen LogP contribution is 2.34. The van der Waals surface area contributed by atoms with Crippen LogP contribution in [-0.4, -0.2) is 21.2 Å². The Labute approximate surface area is 139 Å². The fourth-order valence-corrected chi connectivity index (χ4v) is 3.38. The van der Waals surface area contributed by atoms with Gasteiger partial charge in [-0.1, -0.05) is 6.42 Å². The van der Waals surface area contributed by atoms with Gasteiger partial charge in [0.2, 0.25) is 5.91 Å². The predicted octanol–water partition coefficient (Wildman–Crippen LogP) is 1.71. The molecule has 2 unspecified atom stereocenters. The van der Waals surface area contributed by atoms with E-state index in [1.165, 1.54) is 17.0 Å². The van der Waals surface area contributed by atoms with Crippen molar-refractivity contribution < 1.29 is 9.59 Å². The van der Waals surface area contributed by atoms with E-state index in [2.05, 4.69) is 4.98 Å². The Kier molecular flexibility index (Phi) is 4.55. The predicted molar refractivity (Wildman–Crippen MR) is 88.8 cm³/mol. The molecular formula is C18H19N3O3. The molecule has 24 heavy (non-hydrogen) atoms. The van der Waals surface area contributed by atoms with Crippen LogP contribution in [-0.2, 0) is 4.79 Å². The molecule has 2 N–H and O–H groups in total. The number of primary amides is 1. The van der Waals surface area contributed by atoms with E-state index < -0.39 is 0 Å². The summed E-state index contributed by atoms with van der Waals surface area (Å²) in [5.74, 6) is -0.458. The quantitative estimate of drug-likeness (QED) is 0.847. The number of carbonyl (C=O) groups excluding carboxylic acids is 2. The zero-order chi connectivity index (χ0) is 17.1. The third kappa shape index (κ3) is 3.27. The monoisotopic (exact) mass is 325 g/mol. The van der Waals surface area contributed by atoms with E-state index in [1.807, 2.05) is 0 Å². The Bertz CT molecular complexity index is 811. The number of carbonyl (C=O) groups is 2. The molecule has 124 valence electrons. The molecule has 1 aromatic carbocycles. The molecule has 6 heteroatoms. The number of amides is 1. The van der Waals surface area contributed by atoms with Gasteiger partial charge in [0.15, 0.2) is 5.78 Å². The van der Waals surface area contributed by atoms with Crippen molar-refractivity contribution in [3.05, 3.63) is 58.8 Å². The summed E-state index contributed by atoms with van der Waals surface area (Å²) in [6.07, 6.45) is 7.27. The molecule has 0 spiro atoms. The largest absolute Gasteiger partial charge is 0.369 e. The Hall–Kier alpha value is -2.76. The topological polar surface area (TPSA) is 95.1 Å². The third-order valence-electron chi connectivity index (χ3n) is 4.66. The molecule has 3 rings (SSSR count). The fourth-order valence-electron chi connectivity index (χ4n) is 3.38. The van der Waals surface area contributed by atoms with Crippen LogP contribution in [0.5, 0.6) is 0 Å². The molecule has 0 radical (unpaired) electrons. The number of benzene rings is 1. The highest BCUT2D eigenvalue weighted by atomic mass is 16.1. The van der Waals surface area contributed by atoms with Crippen LogP contribution in [0.4, 0.5) is 0 Å². The SMILES string of the molecule is NC(=O)C1CCCC1CC(=O)c1ccc(-n2ccncc2=O)cc1. The van der Waals surface area contributed by atoms with Gasteiger partial charge < -0.3 is 5.73 Å². The second kappa shape index (κ2) is 6.78. The van der Waals surface area contributed by atoms with Gasteiger partial charge in [0.25, 0.3) is 5.56 Å². The molecule has 6 nitrogen and oxygen atoms in total. The molecule has 0 bridgehead atoms. The summed E-state index contributed by atoms with van der Waals surface area (Å²) in [7, 11) is 0. The van der Waals surface area contributed by atoms with Crippen LogP contribution in [0.3, 0.4) is 0 Å². The molecular weight excluding hydrogens is 306 g/mol. The summed E-state index contributed by atoms with van der Waals surface area (Å²) < 4.78 is 1.46. The lowest BCUT2D eigenvalue weighted by Gasteiger charge is -2.15. The van der Waals surface area contributed by atoms with Crippen LogP contribution < -0.4 is 11.3 Å². The van der Waals surface area contributed by atoms with E-state index in [4.69, 9.17) is 5.73 Å². The van der Waals surface area contributed by atoms with E-state index in [0.717, 1.165) is 19.3 Å². The van der Waals surface area contributed by atoms with Crippen molar-refractivity contribution in [3.63, 3.8) is 0 Å². The molecule has 1 aliphatic carbocycles. The van der Waals surface area contributed by atoms with E-state index >= 15 is 0 Å². The van der Waals surface area contributed by atoms with Gasteiger partial charge in [-0.05, 0) is 43.0 Å². The minimum atomic E-state index is -0.308. The van der Waals surface area contributed by atoms with Gasteiger partial charge in [-0.2, -0.15) is 0 Å². The van der Waals surface area contributed by atoms with Crippen molar-refractivity contribution in [2.75, 3.05) is 0 Å². The third-order valence-corrected chi connectivity index (χ3v) is 4.66. The normalized spacial score (nSPS) is 20.0. The van der Waals surface area contributed by atoms with Crippen LogP contribution in [0.15, 0.2) is 47.7 Å². The first-order chi connectivity index (χ1) is 11.6. The molecule has 2 aromatic rings.